The minimum Gasteiger partial charge on any atom is -0.492 e. The molecule has 2 rings (SSSR count). The number of nitrogen functional groups attached to an aromatic ring is 1. The van der Waals surface area contributed by atoms with Crippen LogP contribution in [0.2, 0.25) is 0 Å². The van der Waals surface area contributed by atoms with Crippen LogP contribution in [-0.4, -0.2) is 19.2 Å². The molecule has 0 saturated heterocycles. The Labute approximate surface area is 121 Å². The van der Waals surface area contributed by atoms with Gasteiger partial charge in [0.15, 0.2) is 0 Å². The molecule has 6 heteroatoms. The van der Waals surface area contributed by atoms with Crippen molar-refractivity contribution in [1.29, 1.82) is 0 Å². The van der Waals surface area contributed by atoms with Gasteiger partial charge in [0.1, 0.15) is 18.2 Å². The number of hydrogen-bond donors (Lipinski definition) is 3. The SMILES string of the molecule is Nc1ccc(OCCNC(=O)Nc2cccc(F)c2)cc1. The van der Waals surface area contributed by atoms with Crippen molar-refractivity contribution in [2.24, 2.45) is 0 Å². The molecule has 0 bridgehead atoms. The Morgan fingerprint density at radius 1 is 1.19 bits per heavy atom. The lowest BCUT2D eigenvalue weighted by atomic mass is 10.3. The van der Waals surface area contributed by atoms with Crippen LogP contribution in [0.1, 0.15) is 0 Å². The Hall–Kier alpha value is -2.76. The van der Waals surface area contributed by atoms with E-state index in [9.17, 15) is 9.18 Å². The summed E-state index contributed by atoms with van der Waals surface area (Å²) in [5.41, 5.74) is 6.61. The zero-order valence-corrected chi connectivity index (χ0v) is 11.3. The Balaban J connectivity index is 1.68. The van der Waals surface area contributed by atoms with E-state index in [0.29, 0.717) is 30.3 Å². The standard InChI is InChI=1S/C15H16FN3O2/c16-11-2-1-3-13(10-11)19-15(20)18-8-9-21-14-6-4-12(17)5-7-14/h1-7,10H,8-9,17H2,(H2,18,19,20). The largest absolute Gasteiger partial charge is 0.492 e. The van der Waals surface area contributed by atoms with Crippen LogP contribution in [0.3, 0.4) is 0 Å². The number of amides is 2. The van der Waals surface area contributed by atoms with Crippen LogP contribution in [0.25, 0.3) is 0 Å². The highest BCUT2D eigenvalue weighted by Gasteiger charge is 2.02. The van der Waals surface area contributed by atoms with Gasteiger partial charge in [-0.2, -0.15) is 0 Å². The van der Waals surface area contributed by atoms with Crippen LogP contribution in [0.5, 0.6) is 5.75 Å². The van der Waals surface area contributed by atoms with Crippen LogP contribution in [0.4, 0.5) is 20.6 Å². The van der Waals surface area contributed by atoms with Crippen molar-refractivity contribution < 1.29 is 13.9 Å². The van der Waals surface area contributed by atoms with Crippen molar-refractivity contribution in [2.45, 2.75) is 0 Å². The van der Waals surface area contributed by atoms with Gasteiger partial charge in [-0.25, -0.2) is 9.18 Å². The second-order valence-corrected chi connectivity index (χ2v) is 4.31. The summed E-state index contributed by atoms with van der Waals surface area (Å²) in [6, 6.07) is 12.2. The molecule has 0 aliphatic rings. The number of hydrogen-bond acceptors (Lipinski definition) is 3. The summed E-state index contributed by atoms with van der Waals surface area (Å²) < 4.78 is 18.4. The number of urea groups is 1. The first-order chi connectivity index (χ1) is 10.1. The van der Waals surface area contributed by atoms with Gasteiger partial charge in [-0.3, -0.25) is 0 Å². The molecule has 0 aliphatic heterocycles. The highest BCUT2D eigenvalue weighted by atomic mass is 19.1. The fourth-order valence-corrected chi connectivity index (χ4v) is 1.64. The van der Waals surface area contributed by atoms with Gasteiger partial charge in [-0.15, -0.1) is 0 Å². The first kappa shape index (κ1) is 14.6. The van der Waals surface area contributed by atoms with Crippen molar-refractivity contribution in [2.75, 3.05) is 24.2 Å². The zero-order chi connectivity index (χ0) is 15.1. The number of rotatable bonds is 5. The molecule has 0 atom stereocenters. The highest BCUT2D eigenvalue weighted by molar-refractivity contribution is 5.89. The van der Waals surface area contributed by atoms with E-state index in [-0.39, 0.29) is 0 Å². The number of carbonyl (C=O) groups is 1. The average molecular weight is 289 g/mol. The van der Waals surface area contributed by atoms with Crippen molar-refractivity contribution in [3.05, 3.63) is 54.3 Å². The molecule has 0 fully saturated rings. The smallest absolute Gasteiger partial charge is 0.319 e. The molecule has 21 heavy (non-hydrogen) atoms. The van der Waals surface area contributed by atoms with Crippen molar-refractivity contribution in [3.63, 3.8) is 0 Å². The van der Waals surface area contributed by atoms with E-state index in [1.165, 1.54) is 18.2 Å². The van der Waals surface area contributed by atoms with Crippen molar-refractivity contribution in [1.82, 2.24) is 5.32 Å². The van der Waals surface area contributed by atoms with E-state index in [0.717, 1.165) is 0 Å². The van der Waals surface area contributed by atoms with Gasteiger partial charge in [0.25, 0.3) is 0 Å². The van der Waals surface area contributed by atoms with E-state index in [2.05, 4.69) is 10.6 Å². The van der Waals surface area contributed by atoms with E-state index < -0.39 is 11.8 Å². The highest BCUT2D eigenvalue weighted by Crippen LogP contribution is 2.12. The zero-order valence-electron chi connectivity index (χ0n) is 11.3. The molecule has 5 nitrogen and oxygen atoms in total. The number of anilines is 2. The van der Waals surface area contributed by atoms with Crippen LogP contribution >= 0.6 is 0 Å². The maximum Gasteiger partial charge on any atom is 0.319 e. The minimum absolute atomic E-state index is 0.320. The molecule has 110 valence electrons. The first-order valence-corrected chi connectivity index (χ1v) is 6.42. The quantitative estimate of drug-likeness (QED) is 0.585. The molecule has 2 aromatic carbocycles. The molecular weight excluding hydrogens is 273 g/mol. The van der Waals surface area contributed by atoms with Crippen LogP contribution in [0, 0.1) is 5.82 Å². The van der Waals surface area contributed by atoms with Gasteiger partial charge < -0.3 is 21.1 Å². The molecule has 0 unspecified atom stereocenters. The molecule has 0 aliphatic carbocycles. The lowest BCUT2D eigenvalue weighted by molar-refractivity contribution is 0.247. The monoisotopic (exact) mass is 289 g/mol. The molecule has 0 heterocycles. The molecule has 2 aromatic rings. The maximum atomic E-state index is 12.9. The van der Waals surface area contributed by atoms with E-state index >= 15 is 0 Å². The summed E-state index contributed by atoms with van der Waals surface area (Å²) in [5.74, 6) is 0.274. The van der Waals surface area contributed by atoms with Crippen LogP contribution in [-0.2, 0) is 0 Å². The topological polar surface area (TPSA) is 76.4 Å². The predicted molar refractivity (Wildman–Crippen MR) is 79.8 cm³/mol. The number of nitrogens with two attached hydrogens (primary N) is 1. The Morgan fingerprint density at radius 3 is 2.67 bits per heavy atom. The van der Waals surface area contributed by atoms with Gasteiger partial charge in [0.2, 0.25) is 0 Å². The summed E-state index contributed by atoms with van der Waals surface area (Å²) >= 11 is 0. The predicted octanol–water partition coefficient (Wildman–Crippen LogP) is 2.61. The molecule has 0 aromatic heterocycles. The second-order valence-electron chi connectivity index (χ2n) is 4.31. The number of carbonyl (C=O) groups excluding carboxylic acids is 1. The summed E-state index contributed by atoms with van der Waals surface area (Å²) in [5, 5.41) is 5.14. The molecule has 4 N–H and O–H groups in total. The summed E-state index contributed by atoms with van der Waals surface area (Å²) in [6.07, 6.45) is 0. The third-order valence-corrected chi connectivity index (χ3v) is 2.62. The van der Waals surface area contributed by atoms with E-state index in [1.807, 2.05) is 0 Å². The van der Waals surface area contributed by atoms with Gasteiger partial charge in [0, 0.05) is 11.4 Å². The Bertz CT molecular complexity index is 602. The van der Waals surface area contributed by atoms with Crippen molar-refractivity contribution in [3.8, 4) is 5.75 Å². The Morgan fingerprint density at radius 2 is 1.95 bits per heavy atom. The number of nitrogens with one attached hydrogen (secondary N) is 2. The van der Waals surface area contributed by atoms with Gasteiger partial charge in [-0.05, 0) is 42.5 Å². The lowest BCUT2D eigenvalue weighted by Crippen LogP contribution is -2.32. The molecule has 0 saturated carbocycles. The number of halogens is 1. The van der Waals surface area contributed by atoms with Crippen LogP contribution in [0.15, 0.2) is 48.5 Å². The normalized spacial score (nSPS) is 9.95. The van der Waals surface area contributed by atoms with Gasteiger partial charge in [0.05, 0.1) is 6.54 Å². The second kappa shape index (κ2) is 7.14. The van der Waals surface area contributed by atoms with Crippen LogP contribution < -0.4 is 21.1 Å². The molecule has 0 spiro atoms. The average Bonchev–Trinajstić information content (AvgIpc) is 2.45. The van der Waals surface area contributed by atoms with Gasteiger partial charge >= 0.3 is 6.03 Å². The molecule has 0 radical (unpaired) electrons. The maximum absolute atomic E-state index is 12.9. The first-order valence-electron chi connectivity index (χ1n) is 6.42. The summed E-state index contributed by atoms with van der Waals surface area (Å²) in [6.45, 7) is 0.645. The number of benzene rings is 2. The Kier molecular flexibility index (Phi) is 4.98. The lowest BCUT2D eigenvalue weighted by Gasteiger charge is -2.09. The van der Waals surface area contributed by atoms with Crippen molar-refractivity contribution >= 4 is 17.4 Å². The molecular formula is C15H16FN3O2. The fourth-order valence-electron chi connectivity index (χ4n) is 1.64. The third kappa shape index (κ3) is 5.02. The third-order valence-electron chi connectivity index (χ3n) is 2.62. The summed E-state index contributed by atoms with van der Waals surface area (Å²) in [4.78, 5) is 11.6. The van der Waals surface area contributed by atoms with E-state index in [4.69, 9.17) is 10.5 Å². The fraction of sp³-hybridized carbons (Fsp3) is 0.133. The van der Waals surface area contributed by atoms with Gasteiger partial charge in [-0.1, -0.05) is 6.07 Å². The molecule has 2 amide bonds. The van der Waals surface area contributed by atoms with E-state index in [1.54, 1.807) is 30.3 Å². The summed E-state index contributed by atoms with van der Waals surface area (Å²) in [7, 11) is 0. The number of ether oxygens (including phenoxy) is 1. The minimum atomic E-state index is -0.415.